The van der Waals surface area contributed by atoms with Crippen molar-refractivity contribution in [3.8, 4) is 0 Å². The Labute approximate surface area is 258 Å². The molecular formula is C32H29Cl2N5O4. The molecule has 1 aliphatic rings. The van der Waals surface area contributed by atoms with Crippen molar-refractivity contribution >= 4 is 40.1 Å². The topological polar surface area (TPSA) is 111 Å². The first-order valence-corrected chi connectivity index (χ1v) is 14.6. The van der Waals surface area contributed by atoms with Crippen molar-refractivity contribution in [1.82, 2.24) is 24.8 Å². The van der Waals surface area contributed by atoms with E-state index in [2.05, 4.69) is 27.2 Å². The van der Waals surface area contributed by atoms with Gasteiger partial charge in [-0.15, -0.1) is 0 Å². The summed E-state index contributed by atoms with van der Waals surface area (Å²) in [6, 6.07) is 22.9. The molecule has 5 aromatic rings. The third-order valence-electron chi connectivity index (χ3n) is 7.62. The van der Waals surface area contributed by atoms with Gasteiger partial charge in [0.1, 0.15) is 10.8 Å². The smallest absolute Gasteiger partial charge is 0.271 e. The highest BCUT2D eigenvalue weighted by Gasteiger charge is 2.38. The van der Waals surface area contributed by atoms with Gasteiger partial charge in [-0.1, -0.05) is 90.8 Å². The van der Waals surface area contributed by atoms with Gasteiger partial charge in [0, 0.05) is 18.0 Å². The predicted octanol–water partition coefficient (Wildman–Crippen LogP) is 6.05. The Morgan fingerprint density at radius 2 is 1.63 bits per heavy atom. The van der Waals surface area contributed by atoms with Crippen LogP contribution in [0.3, 0.4) is 0 Å². The van der Waals surface area contributed by atoms with E-state index in [0.717, 1.165) is 27.8 Å². The van der Waals surface area contributed by atoms with Gasteiger partial charge in [-0.25, -0.2) is 9.97 Å². The third kappa shape index (κ3) is 6.41. The normalized spacial score (nSPS) is 20.3. The number of halogens is 2. The van der Waals surface area contributed by atoms with Gasteiger partial charge in [-0.3, -0.25) is 9.78 Å². The molecule has 4 atom stereocenters. The summed E-state index contributed by atoms with van der Waals surface area (Å²) in [7, 11) is 0. The molecule has 3 heterocycles. The van der Waals surface area contributed by atoms with Crippen LogP contribution in [-0.4, -0.2) is 36.6 Å². The summed E-state index contributed by atoms with van der Waals surface area (Å²) in [5.41, 5.74) is 5.21. The number of rotatable bonds is 8. The highest BCUT2D eigenvalue weighted by Crippen LogP contribution is 2.42. The fraction of sp³-hybridized carbons (Fsp3) is 0.250. The molecule has 1 aliphatic heterocycles. The van der Waals surface area contributed by atoms with Gasteiger partial charge in [-0.2, -0.15) is 0 Å². The maximum Gasteiger partial charge on any atom is 0.271 e. The highest BCUT2D eigenvalue weighted by molar-refractivity contribution is 6.40. The molecule has 2 aromatic heterocycles. The van der Waals surface area contributed by atoms with Crippen LogP contribution in [-0.2, 0) is 29.2 Å². The van der Waals surface area contributed by atoms with Gasteiger partial charge < -0.3 is 24.5 Å². The summed E-state index contributed by atoms with van der Waals surface area (Å²) in [6.45, 7) is 2.80. The van der Waals surface area contributed by atoms with Crippen molar-refractivity contribution in [2.75, 3.05) is 0 Å². The Kier molecular flexibility index (Phi) is 8.69. The van der Waals surface area contributed by atoms with Crippen LogP contribution < -0.4 is 5.32 Å². The van der Waals surface area contributed by atoms with Crippen LogP contribution in [0.4, 0.5) is 0 Å². The molecule has 0 saturated carbocycles. The zero-order chi connectivity index (χ0) is 29.9. The molecule has 43 heavy (non-hydrogen) atoms. The van der Waals surface area contributed by atoms with Crippen LogP contribution in [0, 0.1) is 5.92 Å². The number of para-hydroxylation sites is 2. The Balaban J connectivity index is 1.18. The lowest BCUT2D eigenvalue weighted by Gasteiger charge is -2.41. The lowest BCUT2D eigenvalue weighted by Crippen LogP contribution is -2.39. The van der Waals surface area contributed by atoms with Gasteiger partial charge >= 0.3 is 0 Å². The monoisotopic (exact) mass is 617 g/mol. The van der Waals surface area contributed by atoms with Crippen LogP contribution in [0.15, 0.2) is 85.3 Å². The fourth-order valence-electron chi connectivity index (χ4n) is 5.12. The lowest BCUT2D eigenvalue weighted by atomic mass is 9.90. The number of nitrogens with zero attached hydrogens (tertiary/aromatic N) is 4. The SMILES string of the molecule is CC1C(Cn2cnc(Cl)c2Cl)OC(c2ccc(CNC(=O)c3cnc4ccccc4n3)cc2)OC1c1ccc(CO)cc1. The third-order valence-corrected chi connectivity index (χ3v) is 8.39. The van der Waals surface area contributed by atoms with Gasteiger partial charge in [0.2, 0.25) is 0 Å². The van der Waals surface area contributed by atoms with Crippen LogP contribution in [0.5, 0.6) is 0 Å². The predicted molar refractivity (Wildman–Crippen MR) is 162 cm³/mol. The first-order valence-electron chi connectivity index (χ1n) is 13.8. The number of carbonyl (C=O) groups excluding carboxylic acids is 1. The van der Waals surface area contributed by atoms with Gasteiger partial charge in [0.25, 0.3) is 5.91 Å². The number of ether oxygens (including phenoxy) is 2. The molecule has 0 bridgehead atoms. The zero-order valence-corrected chi connectivity index (χ0v) is 24.7. The quantitative estimate of drug-likeness (QED) is 0.218. The van der Waals surface area contributed by atoms with E-state index in [0.29, 0.717) is 23.8 Å². The molecule has 4 unspecified atom stereocenters. The van der Waals surface area contributed by atoms with Crippen molar-refractivity contribution in [3.05, 3.63) is 124 Å². The van der Waals surface area contributed by atoms with E-state index in [1.807, 2.05) is 72.8 Å². The second-order valence-corrected chi connectivity index (χ2v) is 11.2. The van der Waals surface area contributed by atoms with Gasteiger partial charge in [0.05, 0.1) is 48.9 Å². The molecule has 220 valence electrons. The number of nitrogens with one attached hydrogen (secondary N) is 1. The minimum absolute atomic E-state index is 0.0297. The number of hydrogen-bond donors (Lipinski definition) is 2. The summed E-state index contributed by atoms with van der Waals surface area (Å²) in [5.74, 6) is -0.340. The first kappa shape index (κ1) is 29.2. The van der Waals surface area contributed by atoms with Crippen molar-refractivity contribution in [1.29, 1.82) is 0 Å². The van der Waals surface area contributed by atoms with E-state index >= 15 is 0 Å². The average Bonchev–Trinajstić information content (AvgIpc) is 3.36. The van der Waals surface area contributed by atoms with Crippen LogP contribution in [0.25, 0.3) is 11.0 Å². The van der Waals surface area contributed by atoms with Crippen LogP contribution >= 0.6 is 23.2 Å². The summed E-state index contributed by atoms with van der Waals surface area (Å²) in [5, 5.41) is 13.0. The standard InChI is InChI=1S/C32H29Cl2N5O4/c1-19-27(16-39-18-37-29(33)30(39)34)42-32(43-28(19)22-10-8-21(17-40)9-11-22)23-12-6-20(7-13-23)14-36-31(41)26-15-35-24-4-2-3-5-25(24)38-26/h2-13,15,18-19,27-28,32,40H,14,16-17H2,1H3,(H,36,41). The molecule has 6 rings (SSSR count). The summed E-state index contributed by atoms with van der Waals surface area (Å²) in [4.78, 5) is 25.6. The number of aromatic nitrogens is 4. The second kappa shape index (κ2) is 12.8. The Bertz CT molecular complexity index is 1730. The summed E-state index contributed by atoms with van der Waals surface area (Å²) in [6.07, 6.45) is 1.87. The Morgan fingerprint density at radius 1 is 0.930 bits per heavy atom. The van der Waals surface area contributed by atoms with E-state index in [1.165, 1.54) is 6.20 Å². The maximum absolute atomic E-state index is 12.7. The van der Waals surface area contributed by atoms with Crippen molar-refractivity contribution < 1.29 is 19.4 Å². The molecule has 0 aliphatic carbocycles. The van der Waals surface area contributed by atoms with E-state index in [4.69, 9.17) is 32.7 Å². The Hall–Kier alpha value is -3.86. The van der Waals surface area contributed by atoms with E-state index in [1.54, 1.807) is 10.9 Å². The first-order chi connectivity index (χ1) is 20.9. The molecule has 0 radical (unpaired) electrons. The molecule has 11 heteroatoms. The number of fused-ring (bicyclic) bond motifs is 1. The van der Waals surface area contributed by atoms with Crippen LogP contribution in [0.1, 0.15) is 52.1 Å². The molecule has 9 nitrogen and oxygen atoms in total. The number of aliphatic hydroxyl groups excluding tert-OH is 1. The minimum atomic E-state index is -0.655. The lowest BCUT2D eigenvalue weighted by molar-refractivity contribution is -0.276. The summed E-state index contributed by atoms with van der Waals surface area (Å²) < 4.78 is 14.8. The second-order valence-electron chi connectivity index (χ2n) is 10.5. The number of aliphatic hydroxyl groups is 1. The number of imidazole rings is 1. The number of carbonyl (C=O) groups is 1. The van der Waals surface area contributed by atoms with Crippen molar-refractivity contribution in [2.24, 2.45) is 5.92 Å². The van der Waals surface area contributed by atoms with E-state index < -0.39 is 6.29 Å². The van der Waals surface area contributed by atoms with Crippen LogP contribution in [0.2, 0.25) is 10.3 Å². The molecule has 2 N–H and O–H groups in total. The number of benzene rings is 3. The fourth-order valence-corrected chi connectivity index (χ4v) is 5.44. The molecule has 3 aromatic carbocycles. The summed E-state index contributed by atoms with van der Waals surface area (Å²) >= 11 is 12.5. The highest BCUT2D eigenvalue weighted by atomic mass is 35.5. The molecule has 0 spiro atoms. The number of amides is 1. The van der Waals surface area contributed by atoms with E-state index in [-0.39, 0.29) is 41.5 Å². The largest absolute Gasteiger partial charge is 0.392 e. The molecular weight excluding hydrogens is 589 g/mol. The number of hydrogen-bond acceptors (Lipinski definition) is 7. The average molecular weight is 619 g/mol. The maximum atomic E-state index is 12.7. The minimum Gasteiger partial charge on any atom is -0.392 e. The van der Waals surface area contributed by atoms with Gasteiger partial charge in [-0.05, 0) is 28.8 Å². The van der Waals surface area contributed by atoms with Crippen molar-refractivity contribution in [2.45, 2.75) is 45.1 Å². The van der Waals surface area contributed by atoms with Crippen molar-refractivity contribution in [3.63, 3.8) is 0 Å². The van der Waals surface area contributed by atoms with E-state index in [9.17, 15) is 9.90 Å². The molecule has 1 saturated heterocycles. The molecule has 1 amide bonds. The molecule has 1 fully saturated rings. The Morgan fingerprint density at radius 3 is 2.33 bits per heavy atom. The van der Waals surface area contributed by atoms with Gasteiger partial charge in [0.15, 0.2) is 11.4 Å². The zero-order valence-electron chi connectivity index (χ0n) is 23.2.